The molecule has 1 fully saturated rings. The van der Waals surface area contributed by atoms with Gasteiger partial charge in [-0.1, -0.05) is 11.6 Å². The summed E-state index contributed by atoms with van der Waals surface area (Å²) in [6.07, 6.45) is 1.06. The molecule has 0 unspecified atom stereocenters. The molecule has 0 saturated carbocycles. The second-order valence-electron chi connectivity index (χ2n) is 8.04. The lowest BCUT2D eigenvalue weighted by atomic mass is 10.1. The highest BCUT2D eigenvalue weighted by molar-refractivity contribution is 6.36. The monoisotopic (exact) mass is 480 g/mol. The van der Waals surface area contributed by atoms with Crippen LogP contribution in [0.1, 0.15) is 25.1 Å². The van der Waals surface area contributed by atoms with Crippen molar-refractivity contribution in [2.24, 2.45) is 0 Å². The molecule has 3 aromatic rings. The number of hydrogen-bond acceptors (Lipinski definition) is 10. The van der Waals surface area contributed by atoms with E-state index in [9.17, 15) is 15.6 Å². The van der Waals surface area contributed by atoms with Crippen LogP contribution in [-0.2, 0) is 0 Å². The average Bonchev–Trinajstić information content (AvgIpc) is 3.24. The SMILES string of the molecule is CCNc1nc(Nc2cc(C#N)cc(N3CCN(C[C@H](C)O)CC3)c2Cl)nn2c(C#N)cnc12. The van der Waals surface area contributed by atoms with Crippen LogP contribution in [0.25, 0.3) is 5.65 Å². The lowest BCUT2D eigenvalue weighted by Crippen LogP contribution is -2.48. The van der Waals surface area contributed by atoms with Gasteiger partial charge < -0.3 is 20.6 Å². The van der Waals surface area contributed by atoms with Crippen LogP contribution in [0, 0.1) is 22.7 Å². The van der Waals surface area contributed by atoms with E-state index in [2.05, 4.69) is 47.6 Å². The van der Waals surface area contributed by atoms with Gasteiger partial charge in [0.1, 0.15) is 6.07 Å². The fraction of sp³-hybridized carbons (Fsp3) is 0.409. The van der Waals surface area contributed by atoms with E-state index in [0.29, 0.717) is 53.9 Å². The summed E-state index contributed by atoms with van der Waals surface area (Å²) in [5.74, 6) is 0.686. The first-order valence-corrected chi connectivity index (χ1v) is 11.4. The minimum atomic E-state index is -0.380. The number of aliphatic hydroxyl groups excluding tert-OH is 1. The van der Waals surface area contributed by atoms with E-state index < -0.39 is 0 Å². The van der Waals surface area contributed by atoms with Crippen LogP contribution in [0.5, 0.6) is 0 Å². The zero-order valence-corrected chi connectivity index (χ0v) is 19.7. The third kappa shape index (κ3) is 4.82. The van der Waals surface area contributed by atoms with Crippen LogP contribution >= 0.6 is 11.6 Å². The Kier molecular flexibility index (Phi) is 6.98. The van der Waals surface area contributed by atoms with Crippen molar-refractivity contribution in [1.29, 1.82) is 10.5 Å². The second kappa shape index (κ2) is 10.1. The highest BCUT2D eigenvalue weighted by Gasteiger charge is 2.22. The molecular weight excluding hydrogens is 456 g/mol. The van der Waals surface area contributed by atoms with Crippen molar-refractivity contribution in [3.8, 4) is 12.1 Å². The summed E-state index contributed by atoms with van der Waals surface area (Å²) < 4.78 is 1.41. The minimum absolute atomic E-state index is 0.211. The van der Waals surface area contributed by atoms with E-state index in [-0.39, 0.29) is 17.7 Å². The fourth-order valence-corrected chi connectivity index (χ4v) is 4.23. The van der Waals surface area contributed by atoms with Gasteiger partial charge in [0.25, 0.3) is 0 Å². The van der Waals surface area contributed by atoms with Crippen LogP contribution in [0.3, 0.4) is 0 Å². The molecule has 176 valence electrons. The van der Waals surface area contributed by atoms with Crippen LogP contribution in [0.2, 0.25) is 5.02 Å². The number of nitrogens with zero attached hydrogens (tertiary/aromatic N) is 8. The highest BCUT2D eigenvalue weighted by atomic mass is 35.5. The predicted octanol–water partition coefficient (Wildman–Crippen LogP) is 2.20. The summed E-state index contributed by atoms with van der Waals surface area (Å²) in [7, 11) is 0. The Labute approximate surface area is 202 Å². The van der Waals surface area contributed by atoms with Gasteiger partial charge in [-0.2, -0.15) is 20.0 Å². The number of nitriles is 2. The molecule has 1 aliphatic heterocycles. The number of rotatable bonds is 7. The number of nitrogens with one attached hydrogen (secondary N) is 2. The number of anilines is 4. The Bertz CT molecular complexity index is 1270. The molecule has 0 amide bonds. The number of aromatic nitrogens is 4. The number of aliphatic hydroxyl groups is 1. The molecule has 0 radical (unpaired) electrons. The van der Waals surface area contributed by atoms with Gasteiger partial charge in [0.05, 0.1) is 40.3 Å². The molecule has 4 rings (SSSR count). The van der Waals surface area contributed by atoms with E-state index in [1.807, 2.05) is 6.92 Å². The molecule has 3 N–H and O–H groups in total. The summed E-state index contributed by atoms with van der Waals surface area (Å²) in [5, 5.41) is 39.8. The van der Waals surface area contributed by atoms with Crippen LogP contribution in [-0.4, -0.2) is 75.0 Å². The van der Waals surface area contributed by atoms with E-state index in [1.54, 1.807) is 19.1 Å². The number of piperazine rings is 1. The molecule has 11 nitrogen and oxygen atoms in total. The molecule has 1 aliphatic rings. The van der Waals surface area contributed by atoms with Gasteiger partial charge in [0, 0.05) is 39.3 Å². The van der Waals surface area contributed by atoms with Crippen molar-refractivity contribution in [3.63, 3.8) is 0 Å². The number of imidazole rings is 1. The van der Waals surface area contributed by atoms with Crippen LogP contribution in [0.15, 0.2) is 18.3 Å². The summed E-state index contributed by atoms with van der Waals surface area (Å²) >= 11 is 6.79. The van der Waals surface area contributed by atoms with Crippen LogP contribution < -0.4 is 15.5 Å². The molecule has 0 spiro atoms. The van der Waals surface area contributed by atoms with Gasteiger partial charge >= 0.3 is 0 Å². The molecule has 0 aliphatic carbocycles. The molecule has 1 atom stereocenters. The largest absolute Gasteiger partial charge is 0.392 e. The normalized spacial score (nSPS) is 15.1. The van der Waals surface area contributed by atoms with Gasteiger partial charge in [-0.25, -0.2) is 4.98 Å². The first-order chi connectivity index (χ1) is 16.4. The zero-order valence-electron chi connectivity index (χ0n) is 19.0. The molecule has 1 saturated heterocycles. The Morgan fingerprint density at radius 1 is 1.21 bits per heavy atom. The van der Waals surface area contributed by atoms with E-state index in [4.69, 9.17) is 11.6 Å². The Morgan fingerprint density at radius 3 is 2.62 bits per heavy atom. The van der Waals surface area contributed by atoms with Gasteiger partial charge in [-0.05, 0) is 26.0 Å². The molecular formula is C22H25ClN10O. The summed E-state index contributed by atoms with van der Waals surface area (Å²) in [6.45, 7) is 7.94. The Morgan fingerprint density at radius 2 is 1.97 bits per heavy atom. The second-order valence-corrected chi connectivity index (χ2v) is 8.41. The van der Waals surface area contributed by atoms with E-state index >= 15 is 0 Å². The third-order valence-corrected chi connectivity index (χ3v) is 5.88. The summed E-state index contributed by atoms with van der Waals surface area (Å²) in [6, 6.07) is 7.68. The quantitative estimate of drug-likeness (QED) is 0.460. The van der Waals surface area contributed by atoms with Gasteiger partial charge in [-0.15, -0.1) is 5.10 Å². The summed E-state index contributed by atoms with van der Waals surface area (Å²) in [4.78, 5) is 13.1. The maximum absolute atomic E-state index is 9.65. The molecule has 0 bridgehead atoms. The van der Waals surface area contributed by atoms with Crippen molar-refractivity contribution in [2.75, 3.05) is 54.8 Å². The Hall–Kier alpha value is -3.64. The Balaban J connectivity index is 1.66. The number of hydrogen-bond donors (Lipinski definition) is 3. The number of benzene rings is 1. The number of fused-ring (bicyclic) bond motifs is 1. The van der Waals surface area contributed by atoms with Gasteiger partial charge in [0.15, 0.2) is 17.2 Å². The zero-order chi connectivity index (χ0) is 24.2. The maximum Gasteiger partial charge on any atom is 0.247 e. The standard InChI is InChI=1S/C22H25ClN10O/c1-3-26-20-21-27-12-16(11-25)33(21)30-22(29-20)28-17-8-15(10-24)9-18(19(17)23)32-6-4-31(5-7-32)13-14(2)34/h8-9,12,14,34H,3-7,13H2,1-2H3,(H2,26,28,29,30)/t14-/m0/s1. The van der Waals surface area contributed by atoms with Crippen molar-refractivity contribution < 1.29 is 5.11 Å². The van der Waals surface area contributed by atoms with Crippen molar-refractivity contribution >= 4 is 40.4 Å². The average molecular weight is 481 g/mol. The predicted molar refractivity (Wildman–Crippen MR) is 129 cm³/mol. The van der Waals surface area contributed by atoms with Crippen molar-refractivity contribution in [2.45, 2.75) is 20.0 Å². The third-order valence-electron chi connectivity index (χ3n) is 5.49. The van der Waals surface area contributed by atoms with Crippen molar-refractivity contribution in [1.82, 2.24) is 24.5 Å². The minimum Gasteiger partial charge on any atom is -0.392 e. The molecule has 1 aromatic carbocycles. The lowest BCUT2D eigenvalue weighted by molar-refractivity contribution is 0.123. The van der Waals surface area contributed by atoms with E-state index in [0.717, 1.165) is 18.8 Å². The van der Waals surface area contributed by atoms with Gasteiger partial charge in [-0.3, -0.25) is 4.90 Å². The van der Waals surface area contributed by atoms with Crippen molar-refractivity contribution in [3.05, 3.63) is 34.6 Å². The number of halogens is 1. The van der Waals surface area contributed by atoms with Crippen LogP contribution in [0.4, 0.5) is 23.1 Å². The first kappa shape index (κ1) is 23.5. The fourth-order valence-electron chi connectivity index (χ4n) is 3.96. The molecule has 34 heavy (non-hydrogen) atoms. The molecule has 3 heterocycles. The molecule has 12 heteroatoms. The maximum atomic E-state index is 9.65. The molecule has 2 aromatic heterocycles. The topological polar surface area (TPSA) is 141 Å². The first-order valence-electron chi connectivity index (χ1n) is 11.0. The van der Waals surface area contributed by atoms with Gasteiger partial charge in [0.2, 0.25) is 5.95 Å². The van der Waals surface area contributed by atoms with E-state index in [1.165, 1.54) is 10.7 Å². The number of β-amino-alcohol motifs (C(OH)–C–C–N with tert-alkyl or cyclic N) is 1. The smallest absolute Gasteiger partial charge is 0.247 e. The summed E-state index contributed by atoms with van der Waals surface area (Å²) in [5.41, 5.74) is 2.39. The highest BCUT2D eigenvalue weighted by Crippen LogP contribution is 2.36. The lowest BCUT2D eigenvalue weighted by Gasteiger charge is -2.37.